The molecule has 0 unspecified atom stereocenters. The van der Waals surface area contributed by atoms with Crippen LogP contribution >= 0.6 is 23.4 Å². The van der Waals surface area contributed by atoms with Crippen LogP contribution in [0.15, 0.2) is 46.3 Å². The van der Waals surface area contributed by atoms with E-state index in [2.05, 4.69) is 4.98 Å². The van der Waals surface area contributed by atoms with Crippen LogP contribution in [0, 0.1) is 5.95 Å². The first-order valence-electron chi connectivity index (χ1n) is 4.97. The quantitative estimate of drug-likeness (QED) is 0.866. The molecule has 0 atom stereocenters. The van der Waals surface area contributed by atoms with E-state index in [0.29, 0.717) is 6.54 Å². The molecule has 0 radical (unpaired) electrons. The van der Waals surface area contributed by atoms with E-state index in [0.717, 1.165) is 15.4 Å². The van der Waals surface area contributed by atoms with Crippen molar-refractivity contribution in [1.82, 2.24) is 4.98 Å². The van der Waals surface area contributed by atoms with Gasteiger partial charge in [0.1, 0.15) is 0 Å². The van der Waals surface area contributed by atoms with Crippen molar-refractivity contribution in [2.45, 2.75) is 16.3 Å². The van der Waals surface area contributed by atoms with Crippen molar-refractivity contribution in [2.75, 3.05) is 0 Å². The molecule has 0 bridgehead atoms. The van der Waals surface area contributed by atoms with Crippen molar-refractivity contribution in [2.24, 2.45) is 5.73 Å². The lowest BCUT2D eigenvalue weighted by molar-refractivity contribution is 0.582. The van der Waals surface area contributed by atoms with Crippen molar-refractivity contribution in [3.05, 3.63) is 53.1 Å². The second-order valence-electron chi connectivity index (χ2n) is 3.39. The number of rotatable bonds is 3. The highest BCUT2D eigenvalue weighted by atomic mass is 35.5. The van der Waals surface area contributed by atoms with E-state index in [1.807, 2.05) is 24.3 Å². The van der Waals surface area contributed by atoms with Crippen LogP contribution in [0.1, 0.15) is 5.56 Å². The Kier molecular flexibility index (Phi) is 3.99. The molecule has 0 saturated carbocycles. The minimum atomic E-state index is -0.644. The minimum Gasteiger partial charge on any atom is -0.326 e. The first kappa shape index (κ1) is 12.4. The fraction of sp³-hybridized carbons (Fsp3) is 0.0833. The van der Waals surface area contributed by atoms with Crippen LogP contribution in [0.3, 0.4) is 0 Å². The molecule has 17 heavy (non-hydrogen) atoms. The SMILES string of the molecule is NCc1ccc(Sc2cnc(F)c(Cl)c2)cc1. The summed E-state index contributed by atoms with van der Waals surface area (Å²) in [5.74, 6) is -0.644. The number of pyridine rings is 1. The van der Waals surface area contributed by atoms with Crippen LogP contribution in [0.4, 0.5) is 4.39 Å². The first-order valence-corrected chi connectivity index (χ1v) is 6.16. The van der Waals surface area contributed by atoms with Gasteiger partial charge in [0.2, 0.25) is 5.95 Å². The molecule has 5 heteroatoms. The predicted molar refractivity (Wildman–Crippen MR) is 67.7 cm³/mol. The summed E-state index contributed by atoms with van der Waals surface area (Å²) in [6, 6.07) is 9.40. The molecule has 88 valence electrons. The number of hydrogen-bond donors (Lipinski definition) is 1. The maximum atomic E-state index is 12.9. The molecule has 1 aromatic carbocycles. The predicted octanol–water partition coefficient (Wildman–Crippen LogP) is 3.48. The van der Waals surface area contributed by atoms with Gasteiger partial charge in [0.15, 0.2) is 0 Å². The van der Waals surface area contributed by atoms with Gasteiger partial charge >= 0.3 is 0 Å². The zero-order chi connectivity index (χ0) is 12.3. The molecule has 0 aliphatic carbocycles. The number of aromatic nitrogens is 1. The van der Waals surface area contributed by atoms with Crippen LogP contribution in [0.25, 0.3) is 0 Å². The largest absolute Gasteiger partial charge is 0.326 e. The Morgan fingerprint density at radius 2 is 1.94 bits per heavy atom. The average Bonchev–Trinajstić information content (AvgIpc) is 2.35. The normalized spacial score (nSPS) is 10.5. The molecule has 2 N–H and O–H groups in total. The Bertz CT molecular complexity index is 516. The van der Waals surface area contributed by atoms with Gasteiger partial charge in [0, 0.05) is 22.5 Å². The van der Waals surface area contributed by atoms with Crippen molar-refractivity contribution in [1.29, 1.82) is 0 Å². The van der Waals surface area contributed by atoms with Crippen LogP contribution in [-0.4, -0.2) is 4.98 Å². The van der Waals surface area contributed by atoms with Crippen molar-refractivity contribution in [3.8, 4) is 0 Å². The fourth-order valence-corrected chi connectivity index (χ4v) is 2.35. The highest BCUT2D eigenvalue weighted by molar-refractivity contribution is 7.99. The molecular formula is C12H10ClFN2S. The average molecular weight is 269 g/mol. The second kappa shape index (κ2) is 5.49. The Morgan fingerprint density at radius 1 is 1.24 bits per heavy atom. The Hall–Kier alpha value is -1.10. The third-order valence-corrected chi connectivity index (χ3v) is 3.40. The number of nitrogens with two attached hydrogens (primary N) is 1. The van der Waals surface area contributed by atoms with Gasteiger partial charge in [-0.3, -0.25) is 0 Å². The summed E-state index contributed by atoms with van der Waals surface area (Å²) in [7, 11) is 0. The smallest absolute Gasteiger partial charge is 0.231 e. The third kappa shape index (κ3) is 3.19. The second-order valence-corrected chi connectivity index (χ2v) is 4.95. The molecule has 1 aromatic heterocycles. The monoisotopic (exact) mass is 268 g/mol. The number of nitrogens with zero attached hydrogens (tertiary/aromatic N) is 1. The van der Waals surface area contributed by atoms with E-state index in [-0.39, 0.29) is 5.02 Å². The van der Waals surface area contributed by atoms with E-state index in [9.17, 15) is 4.39 Å². The third-order valence-electron chi connectivity index (χ3n) is 2.17. The zero-order valence-corrected chi connectivity index (χ0v) is 10.4. The van der Waals surface area contributed by atoms with Gasteiger partial charge in [0.05, 0.1) is 5.02 Å². The van der Waals surface area contributed by atoms with E-state index in [4.69, 9.17) is 17.3 Å². The van der Waals surface area contributed by atoms with Gasteiger partial charge in [-0.2, -0.15) is 4.39 Å². The zero-order valence-electron chi connectivity index (χ0n) is 8.86. The van der Waals surface area contributed by atoms with E-state index >= 15 is 0 Å². The van der Waals surface area contributed by atoms with Gasteiger partial charge in [0.25, 0.3) is 0 Å². The highest BCUT2D eigenvalue weighted by Crippen LogP contribution is 2.29. The van der Waals surface area contributed by atoms with Gasteiger partial charge in [-0.05, 0) is 23.8 Å². The lowest BCUT2D eigenvalue weighted by atomic mass is 10.2. The molecule has 0 aliphatic heterocycles. The topological polar surface area (TPSA) is 38.9 Å². The van der Waals surface area contributed by atoms with Crippen molar-refractivity contribution >= 4 is 23.4 Å². The van der Waals surface area contributed by atoms with Gasteiger partial charge in [-0.15, -0.1) is 0 Å². The molecule has 2 rings (SSSR count). The molecule has 0 aliphatic rings. The van der Waals surface area contributed by atoms with E-state index in [1.165, 1.54) is 18.0 Å². The van der Waals surface area contributed by atoms with Gasteiger partial charge in [-0.1, -0.05) is 35.5 Å². The Labute approximate surface area is 108 Å². The van der Waals surface area contributed by atoms with Crippen molar-refractivity contribution < 1.29 is 4.39 Å². The summed E-state index contributed by atoms with van der Waals surface area (Å²) < 4.78 is 12.9. The summed E-state index contributed by atoms with van der Waals surface area (Å²) in [5.41, 5.74) is 6.59. The molecule has 0 fully saturated rings. The van der Waals surface area contributed by atoms with E-state index < -0.39 is 5.95 Å². The van der Waals surface area contributed by atoms with Crippen LogP contribution in [0.5, 0.6) is 0 Å². The molecule has 2 aromatic rings. The fourth-order valence-electron chi connectivity index (χ4n) is 1.29. The minimum absolute atomic E-state index is 0.0357. The Balaban J connectivity index is 2.16. The maximum Gasteiger partial charge on any atom is 0.231 e. The van der Waals surface area contributed by atoms with Crippen LogP contribution in [-0.2, 0) is 6.54 Å². The number of hydrogen-bond acceptors (Lipinski definition) is 3. The molecule has 1 heterocycles. The summed E-state index contributed by atoms with van der Waals surface area (Å²) in [6.07, 6.45) is 1.46. The number of halogens is 2. The standard InChI is InChI=1S/C12H10ClFN2S/c13-11-5-10(7-16-12(11)14)17-9-3-1-8(6-15)2-4-9/h1-5,7H,6,15H2. The lowest BCUT2D eigenvalue weighted by Gasteiger charge is -2.03. The summed E-state index contributed by atoms with van der Waals surface area (Å²) in [4.78, 5) is 5.41. The molecular weight excluding hydrogens is 259 g/mol. The highest BCUT2D eigenvalue weighted by Gasteiger charge is 2.04. The summed E-state index contributed by atoms with van der Waals surface area (Å²) in [5, 5.41) is 0.0357. The van der Waals surface area contributed by atoms with Crippen molar-refractivity contribution in [3.63, 3.8) is 0 Å². The molecule has 2 nitrogen and oxygen atoms in total. The molecule has 0 saturated heterocycles. The van der Waals surface area contributed by atoms with Crippen LogP contribution < -0.4 is 5.73 Å². The summed E-state index contributed by atoms with van der Waals surface area (Å²) in [6.45, 7) is 0.523. The number of benzene rings is 1. The van der Waals surface area contributed by atoms with Gasteiger partial charge in [-0.25, -0.2) is 4.98 Å². The Morgan fingerprint density at radius 3 is 2.53 bits per heavy atom. The van der Waals surface area contributed by atoms with Crippen LogP contribution in [0.2, 0.25) is 5.02 Å². The lowest BCUT2D eigenvalue weighted by Crippen LogP contribution is -1.94. The van der Waals surface area contributed by atoms with Gasteiger partial charge < -0.3 is 5.73 Å². The van der Waals surface area contributed by atoms with E-state index in [1.54, 1.807) is 6.07 Å². The molecule has 0 amide bonds. The summed E-state index contributed by atoms with van der Waals surface area (Å²) >= 11 is 7.14. The first-order chi connectivity index (χ1) is 8.19. The molecule has 0 spiro atoms. The maximum absolute atomic E-state index is 12.9.